The third-order valence-electron chi connectivity index (χ3n) is 9.09. The topological polar surface area (TPSA) is 25.8 Å². The Hall–Kier alpha value is -6.12. The van der Waals surface area contributed by atoms with Crippen LogP contribution in [-0.4, -0.2) is 9.97 Å². The van der Waals surface area contributed by atoms with E-state index >= 15 is 0 Å². The Morgan fingerprint density at radius 2 is 0.783 bits per heavy atom. The smallest absolute Gasteiger partial charge is 0.159 e. The third kappa shape index (κ3) is 4.43. The maximum atomic E-state index is 5.10. The summed E-state index contributed by atoms with van der Waals surface area (Å²) in [5.74, 6) is 0.714. The van der Waals surface area contributed by atoms with Crippen LogP contribution < -0.4 is 0 Å². The van der Waals surface area contributed by atoms with E-state index in [4.69, 9.17) is 9.97 Å². The fourth-order valence-electron chi connectivity index (χ4n) is 6.92. The Bertz CT molecular complexity index is 2420. The van der Waals surface area contributed by atoms with E-state index in [0.29, 0.717) is 5.82 Å². The molecule has 0 spiro atoms. The van der Waals surface area contributed by atoms with E-state index in [1.165, 1.54) is 59.8 Å². The number of benzene rings is 8. The average Bonchev–Trinajstić information content (AvgIpc) is 3.14. The molecule has 9 aromatic rings. The summed E-state index contributed by atoms with van der Waals surface area (Å²) in [6.07, 6.45) is 1.87. The van der Waals surface area contributed by atoms with Crippen LogP contribution in [0.3, 0.4) is 0 Å². The lowest BCUT2D eigenvalue weighted by Crippen LogP contribution is -1.93. The van der Waals surface area contributed by atoms with Crippen molar-refractivity contribution in [2.45, 2.75) is 0 Å². The summed E-state index contributed by atoms with van der Waals surface area (Å²) in [7, 11) is 0. The van der Waals surface area contributed by atoms with E-state index in [1.807, 2.05) is 12.3 Å². The summed E-state index contributed by atoms with van der Waals surface area (Å²) in [5.41, 5.74) is 7.72. The van der Waals surface area contributed by atoms with Gasteiger partial charge in [-0.3, -0.25) is 0 Å². The number of aromatic nitrogens is 2. The van der Waals surface area contributed by atoms with Gasteiger partial charge in [0.15, 0.2) is 5.82 Å². The summed E-state index contributed by atoms with van der Waals surface area (Å²) in [5, 5.41) is 10.0. The van der Waals surface area contributed by atoms with Crippen molar-refractivity contribution in [3.63, 3.8) is 0 Å². The van der Waals surface area contributed by atoms with Crippen LogP contribution >= 0.6 is 0 Å². The van der Waals surface area contributed by atoms with Gasteiger partial charge in [0, 0.05) is 17.3 Å². The summed E-state index contributed by atoms with van der Waals surface area (Å²) in [6, 6.07) is 58.5. The van der Waals surface area contributed by atoms with Crippen molar-refractivity contribution >= 4 is 43.1 Å². The van der Waals surface area contributed by atoms with Crippen LogP contribution in [0.15, 0.2) is 170 Å². The Labute approximate surface area is 267 Å². The van der Waals surface area contributed by atoms with Crippen LogP contribution in [0.5, 0.6) is 0 Å². The Kier molecular flexibility index (Phi) is 6.17. The van der Waals surface area contributed by atoms with Crippen molar-refractivity contribution in [1.82, 2.24) is 9.97 Å². The van der Waals surface area contributed by atoms with Gasteiger partial charge in [0.25, 0.3) is 0 Å². The minimum Gasteiger partial charge on any atom is -0.237 e. The molecule has 0 saturated heterocycles. The monoisotopic (exact) mass is 584 g/mol. The van der Waals surface area contributed by atoms with Crippen LogP contribution in [-0.2, 0) is 0 Å². The molecule has 214 valence electrons. The van der Waals surface area contributed by atoms with E-state index in [0.717, 1.165) is 22.4 Å². The van der Waals surface area contributed by atoms with Crippen LogP contribution in [0.1, 0.15) is 0 Å². The molecule has 8 aromatic carbocycles. The second-order valence-corrected chi connectivity index (χ2v) is 11.8. The summed E-state index contributed by atoms with van der Waals surface area (Å²) >= 11 is 0. The lowest BCUT2D eigenvalue weighted by Gasteiger charge is -2.13. The molecule has 0 aliphatic carbocycles. The quantitative estimate of drug-likeness (QED) is 0.192. The van der Waals surface area contributed by atoms with E-state index in [1.54, 1.807) is 0 Å². The van der Waals surface area contributed by atoms with Gasteiger partial charge in [-0.1, -0.05) is 133 Å². The fourth-order valence-corrected chi connectivity index (χ4v) is 6.92. The zero-order valence-electron chi connectivity index (χ0n) is 25.1. The molecule has 46 heavy (non-hydrogen) atoms. The molecule has 0 unspecified atom stereocenters. The SMILES string of the molecule is c1cc(-c2ccnc(-c3cccc(-c4cc5ccccc5c5ccccc45)c3)n2)cc(-c2cc3ccccc3c3ccccc23)c1. The Morgan fingerprint density at radius 3 is 1.37 bits per heavy atom. The zero-order chi connectivity index (χ0) is 30.5. The predicted molar refractivity (Wildman–Crippen MR) is 194 cm³/mol. The van der Waals surface area contributed by atoms with Crippen LogP contribution in [0.2, 0.25) is 0 Å². The highest BCUT2D eigenvalue weighted by atomic mass is 14.9. The maximum Gasteiger partial charge on any atom is 0.159 e. The minimum atomic E-state index is 0.714. The molecular formula is C44H28N2. The van der Waals surface area contributed by atoms with Crippen molar-refractivity contribution in [3.8, 4) is 44.9 Å². The Balaban J connectivity index is 1.13. The number of hydrogen-bond acceptors (Lipinski definition) is 2. The number of fused-ring (bicyclic) bond motifs is 6. The van der Waals surface area contributed by atoms with Crippen molar-refractivity contribution in [1.29, 1.82) is 0 Å². The van der Waals surface area contributed by atoms with Crippen molar-refractivity contribution in [2.75, 3.05) is 0 Å². The van der Waals surface area contributed by atoms with E-state index in [9.17, 15) is 0 Å². The highest BCUT2D eigenvalue weighted by Gasteiger charge is 2.13. The fraction of sp³-hybridized carbons (Fsp3) is 0. The van der Waals surface area contributed by atoms with E-state index < -0.39 is 0 Å². The molecule has 0 aliphatic heterocycles. The zero-order valence-corrected chi connectivity index (χ0v) is 25.1. The molecule has 1 heterocycles. The second-order valence-electron chi connectivity index (χ2n) is 11.8. The third-order valence-corrected chi connectivity index (χ3v) is 9.09. The molecule has 0 N–H and O–H groups in total. The van der Waals surface area contributed by atoms with Gasteiger partial charge < -0.3 is 0 Å². The molecule has 2 nitrogen and oxygen atoms in total. The molecule has 0 bridgehead atoms. The van der Waals surface area contributed by atoms with Crippen molar-refractivity contribution in [2.24, 2.45) is 0 Å². The van der Waals surface area contributed by atoms with Gasteiger partial charge in [-0.25, -0.2) is 9.97 Å². The van der Waals surface area contributed by atoms with Crippen LogP contribution in [0, 0.1) is 0 Å². The van der Waals surface area contributed by atoms with Crippen molar-refractivity contribution in [3.05, 3.63) is 170 Å². The van der Waals surface area contributed by atoms with E-state index in [-0.39, 0.29) is 0 Å². The molecule has 0 amide bonds. The minimum absolute atomic E-state index is 0.714. The first kappa shape index (κ1) is 26.3. The lowest BCUT2D eigenvalue weighted by molar-refractivity contribution is 1.18. The van der Waals surface area contributed by atoms with Crippen molar-refractivity contribution < 1.29 is 0 Å². The number of rotatable bonds is 4. The van der Waals surface area contributed by atoms with Gasteiger partial charge in [0.05, 0.1) is 5.69 Å². The number of hydrogen-bond donors (Lipinski definition) is 0. The molecular weight excluding hydrogens is 556 g/mol. The molecule has 0 radical (unpaired) electrons. The van der Waals surface area contributed by atoms with Gasteiger partial charge in [-0.15, -0.1) is 0 Å². The second kappa shape index (κ2) is 10.8. The lowest BCUT2D eigenvalue weighted by atomic mass is 9.92. The molecule has 1 aromatic heterocycles. The molecule has 0 aliphatic rings. The Morgan fingerprint density at radius 1 is 0.326 bits per heavy atom. The summed E-state index contributed by atoms with van der Waals surface area (Å²) < 4.78 is 0. The maximum absolute atomic E-state index is 5.10. The average molecular weight is 585 g/mol. The van der Waals surface area contributed by atoms with Crippen LogP contribution in [0.4, 0.5) is 0 Å². The molecule has 0 saturated carbocycles. The first-order valence-electron chi connectivity index (χ1n) is 15.7. The highest BCUT2D eigenvalue weighted by Crippen LogP contribution is 2.38. The number of nitrogens with zero attached hydrogens (tertiary/aromatic N) is 2. The standard InChI is InChI=1S/C44H28N2/c1-3-17-35-31(11-1)27-41(39-21-7-5-19-37(35)39)29-13-9-15-33(25-29)43-23-24-45-44(46-43)34-16-10-14-30(26-34)42-28-32-12-2-4-18-36(32)38-20-6-8-22-40(38)42/h1-28H. The molecule has 9 rings (SSSR count). The van der Waals surface area contributed by atoms with Crippen LogP contribution in [0.25, 0.3) is 88.0 Å². The molecule has 0 fully saturated rings. The van der Waals surface area contributed by atoms with E-state index in [2.05, 4.69) is 158 Å². The predicted octanol–water partition coefficient (Wildman–Crippen LogP) is 11.8. The highest BCUT2D eigenvalue weighted by molar-refractivity contribution is 6.15. The summed E-state index contributed by atoms with van der Waals surface area (Å²) in [6.45, 7) is 0. The molecule has 0 atom stereocenters. The summed E-state index contributed by atoms with van der Waals surface area (Å²) in [4.78, 5) is 9.82. The van der Waals surface area contributed by atoms with Gasteiger partial charge in [-0.05, 0) is 95.7 Å². The van der Waals surface area contributed by atoms with Gasteiger partial charge >= 0.3 is 0 Å². The first-order valence-corrected chi connectivity index (χ1v) is 15.7. The van der Waals surface area contributed by atoms with Gasteiger partial charge in [0.2, 0.25) is 0 Å². The van der Waals surface area contributed by atoms with Gasteiger partial charge in [0.1, 0.15) is 0 Å². The molecule has 2 heteroatoms. The normalized spacial score (nSPS) is 11.5. The van der Waals surface area contributed by atoms with Gasteiger partial charge in [-0.2, -0.15) is 0 Å². The first-order chi connectivity index (χ1) is 22.8. The largest absolute Gasteiger partial charge is 0.237 e.